The molecular weight excluding hydrogens is 574 g/mol. The number of carbonyl (C=O) groups excluding carboxylic acids is 2. The maximum atomic E-state index is 13.5. The second-order valence-corrected chi connectivity index (χ2v) is 13.9. The van der Waals surface area contributed by atoms with Crippen LogP contribution in [0.2, 0.25) is 0 Å². The van der Waals surface area contributed by atoms with Gasteiger partial charge in [0.05, 0.1) is 17.1 Å². The van der Waals surface area contributed by atoms with E-state index < -0.39 is 63.8 Å². The maximum absolute atomic E-state index is 13.5. The van der Waals surface area contributed by atoms with Gasteiger partial charge in [-0.25, -0.2) is 9.59 Å². The molecule has 0 amide bonds. The lowest BCUT2D eigenvalue weighted by molar-refractivity contribution is -0.324. The molecule has 9 heteroatoms. The quantitative estimate of drug-likeness (QED) is 0.213. The van der Waals surface area contributed by atoms with Crippen molar-refractivity contribution in [1.29, 1.82) is 0 Å². The minimum atomic E-state index is -1.92. The average Bonchev–Trinajstić information content (AvgIpc) is 3.26. The van der Waals surface area contributed by atoms with Crippen LogP contribution in [0.4, 0.5) is 0 Å². The highest BCUT2D eigenvalue weighted by molar-refractivity contribution is 5.89. The predicted molar refractivity (Wildman–Crippen MR) is 165 cm³/mol. The van der Waals surface area contributed by atoms with E-state index in [1.54, 1.807) is 38.3 Å². The summed E-state index contributed by atoms with van der Waals surface area (Å²) in [6, 6.07) is 12.5. The van der Waals surface area contributed by atoms with E-state index in [0.717, 1.165) is 11.1 Å². The molecule has 0 bridgehead atoms. The highest BCUT2D eigenvalue weighted by atomic mass is 16.6. The summed E-state index contributed by atoms with van der Waals surface area (Å²) in [6.07, 6.45) is 7.01. The smallest absolute Gasteiger partial charge is 0.339 e. The molecule has 1 aromatic heterocycles. The van der Waals surface area contributed by atoms with E-state index in [2.05, 4.69) is 11.9 Å². The van der Waals surface area contributed by atoms with Crippen molar-refractivity contribution in [3.63, 3.8) is 0 Å². The van der Waals surface area contributed by atoms with Crippen molar-refractivity contribution in [3.8, 4) is 0 Å². The van der Waals surface area contributed by atoms with E-state index in [-0.39, 0.29) is 31.2 Å². The van der Waals surface area contributed by atoms with Crippen LogP contribution in [0.25, 0.3) is 6.08 Å². The van der Waals surface area contributed by atoms with Crippen molar-refractivity contribution in [2.75, 3.05) is 0 Å². The van der Waals surface area contributed by atoms with Crippen molar-refractivity contribution in [3.05, 3.63) is 83.7 Å². The summed E-state index contributed by atoms with van der Waals surface area (Å²) in [5, 5.41) is 48.6. The van der Waals surface area contributed by atoms with E-state index in [1.807, 2.05) is 36.4 Å². The van der Waals surface area contributed by atoms with Gasteiger partial charge in [0.25, 0.3) is 0 Å². The van der Waals surface area contributed by atoms with E-state index in [4.69, 9.17) is 9.47 Å². The molecule has 4 N–H and O–H groups in total. The molecule has 4 aliphatic rings. The fourth-order valence-corrected chi connectivity index (χ4v) is 9.21. The number of hydrogen-bond donors (Lipinski definition) is 4. The molecule has 1 aromatic carbocycles. The van der Waals surface area contributed by atoms with Crippen LogP contribution in [0.3, 0.4) is 0 Å². The number of benzene rings is 1. The number of fused-ring (bicyclic) bond motifs is 5. The predicted octanol–water partition coefficient (Wildman–Crippen LogP) is 4.15. The molecule has 6 rings (SSSR count). The summed E-state index contributed by atoms with van der Waals surface area (Å²) in [7, 11) is 0. The van der Waals surface area contributed by atoms with E-state index in [0.29, 0.717) is 19.3 Å². The topological polar surface area (TPSA) is 146 Å². The third-order valence-corrected chi connectivity index (χ3v) is 12.0. The van der Waals surface area contributed by atoms with Gasteiger partial charge in [0.1, 0.15) is 29.0 Å². The lowest BCUT2D eigenvalue weighted by Crippen LogP contribution is -2.78. The van der Waals surface area contributed by atoms with Gasteiger partial charge < -0.3 is 29.9 Å². The van der Waals surface area contributed by atoms with Crippen LogP contribution in [0.5, 0.6) is 0 Å². The number of nitrogens with zero attached hydrogens (tertiary/aromatic N) is 1. The van der Waals surface area contributed by atoms with Crippen LogP contribution < -0.4 is 0 Å². The first-order valence-electron chi connectivity index (χ1n) is 15.9. The molecule has 9 atom stereocenters. The summed E-state index contributed by atoms with van der Waals surface area (Å²) in [6.45, 7) is 5.27. The highest BCUT2D eigenvalue weighted by Crippen LogP contribution is 2.71. The van der Waals surface area contributed by atoms with Crippen LogP contribution in [-0.2, 0) is 14.3 Å². The van der Waals surface area contributed by atoms with E-state index >= 15 is 0 Å². The monoisotopic (exact) mass is 617 g/mol. The van der Waals surface area contributed by atoms with Gasteiger partial charge >= 0.3 is 11.9 Å². The Morgan fingerprint density at radius 1 is 1.04 bits per heavy atom. The minimum Gasteiger partial charge on any atom is -0.458 e. The molecule has 1 heterocycles. The molecule has 3 fully saturated rings. The number of aliphatic hydroxyl groups excluding tert-OH is 1. The van der Waals surface area contributed by atoms with E-state index in [9.17, 15) is 30.0 Å². The molecule has 9 nitrogen and oxygen atoms in total. The van der Waals surface area contributed by atoms with Crippen LogP contribution in [-0.4, -0.2) is 72.5 Å². The lowest BCUT2D eigenvalue weighted by Gasteiger charge is -2.67. The Morgan fingerprint density at radius 3 is 2.51 bits per heavy atom. The maximum Gasteiger partial charge on any atom is 0.339 e. The summed E-state index contributed by atoms with van der Waals surface area (Å²) >= 11 is 0. The zero-order chi connectivity index (χ0) is 32.3. The number of rotatable bonds is 6. The number of hydrogen-bond acceptors (Lipinski definition) is 9. The number of esters is 2. The summed E-state index contributed by atoms with van der Waals surface area (Å²) < 4.78 is 12.0. The second kappa shape index (κ2) is 11.2. The first-order chi connectivity index (χ1) is 21.3. The van der Waals surface area contributed by atoms with Crippen LogP contribution >= 0.6 is 0 Å². The van der Waals surface area contributed by atoms with Gasteiger partial charge in [-0.05, 0) is 81.1 Å². The third kappa shape index (κ3) is 4.70. The Hall–Kier alpha value is -3.37. The first-order valence-corrected chi connectivity index (χ1v) is 15.9. The molecule has 45 heavy (non-hydrogen) atoms. The van der Waals surface area contributed by atoms with Crippen LogP contribution in [0, 0.1) is 16.7 Å². The molecule has 0 spiro atoms. The van der Waals surface area contributed by atoms with Crippen molar-refractivity contribution in [2.24, 2.45) is 16.7 Å². The van der Waals surface area contributed by atoms with E-state index in [1.165, 1.54) is 12.3 Å². The SMILES string of the molecule is CC(OC(=O)/C=C/c1ccccc1)[C@@]1(O)CC[C@]2(O)[C@]1(C)C(OC(=O)c1cccnc1)C[C@@H]1[C@@]3(C)CCC(O)CC3=CC[C@]12O. The number of carbonyl (C=O) groups is 2. The van der Waals surface area contributed by atoms with Crippen molar-refractivity contribution in [1.82, 2.24) is 4.98 Å². The van der Waals surface area contributed by atoms with Gasteiger partial charge in [0.15, 0.2) is 0 Å². The zero-order valence-electron chi connectivity index (χ0n) is 26.1. The van der Waals surface area contributed by atoms with Gasteiger partial charge in [-0.15, -0.1) is 0 Å². The molecule has 3 saturated carbocycles. The summed E-state index contributed by atoms with van der Waals surface area (Å²) in [5.41, 5.74) is -5.62. The van der Waals surface area contributed by atoms with Crippen LogP contribution in [0.15, 0.2) is 72.6 Å². The van der Waals surface area contributed by atoms with Crippen LogP contribution in [0.1, 0.15) is 81.6 Å². The number of aromatic nitrogens is 1. The Bertz CT molecular complexity index is 1510. The van der Waals surface area contributed by atoms with Crippen molar-refractivity contribution < 1.29 is 39.5 Å². The standard InChI is InChI=1S/C36H43NO8/c1-23(44-30(39)12-11-24-8-5-4-6-9-24)34(41)17-18-36(43)33(34,3)29(45-31(40)25-10-7-19-37-22-25)21-28-32(2)15-14-27(38)20-26(32)13-16-35(28,36)42/h4-13,19,22-23,27-29,38,41-43H,14-18,20-21H2,1-3H3/b12-11+/t23?,27?,28-,29?,32+,33-,34+,35+,36+/m1/s1. The summed E-state index contributed by atoms with van der Waals surface area (Å²) in [5.74, 6) is -1.87. The Balaban J connectivity index is 1.39. The third-order valence-electron chi connectivity index (χ3n) is 12.0. The normalized spacial score (nSPS) is 39.6. The number of aliphatic hydroxyl groups is 4. The molecule has 3 unspecified atom stereocenters. The molecule has 2 aromatic rings. The molecule has 0 saturated heterocycles. The van der Waals surface area contributed by atoms with Gasteiger partial charge in [-0.1, -0.05) is 55.8 Å². The van der Waals surface area contributed by atoms with Crippen molar-refractivity contribution >= 4 is 18.0 Å². The van der Waals surface area contributed by atoms with Gasteiger partial charge in [0.2, 0.25) is 0 Å². The molecule has 0 radical (unpaired) electrons. The number of pyridine rings is 1. The van der Waals surface area contributed by atoms with Gasteiger partial charge in [0, 0.05) is 24.4 Å². The van der Waals surface area contributed by atoms with Gasteiger partial charge in [-0.2, -0.15) is 0 Å². The zero-order valence-corrected chi connectivity index (χ0v) is 26.1. The molecule has 240 valence electrons. The molecule has 4 aliphatic carbocycles. The average molecular weight is 618 g/mol. The fraction of sp³-hybridized carbons (Fsp3) is 0.528. The summed E-state index contributed by atoms with van der Waals surface area (Å²) in [4.78, 5) is 30.6. The molecular formula is C36H43NO8. The lowest BCUT2D eigenvalue weighted by atomic mass is 9.42. The Morgan fingerprint density at radius 2 is 1.80 bits per heavy atom. The fourth-order valence-electron chi connectivity index (χ4n) is 9.21. The number of ether oxygens (including phenoxy) is 2. The van der Waals surface area contributed by atoms with Crippen molar-refractivity contribution in [2.45, 2.75) is 101 Å². The van der Waals surface area contributed by atoms with Gasteiger partial charge in [-0.3, -0.25) is 4.98 Å². The highest BCUT2D eigenvalue weighted by Gasteiger charge is 2.81. The Labute approximate surface area is 263 Å². The molecule has 0 aliphatic heterocycles. The Kier molecular flexibility index (Phi) is 7.84. The second-order valence-electron chi connectivity index (χ2n) is 13.9. The first kappa shape index (κ1) is 31.6. The largest absolute Gasteiger partial charge is 0.458 e. The minimum absolute atomic E-state index is 0.00117.